The summed E-state index contributed by atoms with van der Waals surface area (Å²) in [5.74, 6) is -2.30. The minimum Gasteiger partial charge on any atom is -0.497 e. The van der Waals surface area contributed by atoms with E-state index in [0.717, 1.165) is 0 Å². The quantitative estimate of drug-likeness (QED) is 0.377. The van der Waals surface area contributed by atoms with Gasteiger partial charge in [0.15, 0.2) is 5.84 Å². The summed E-state index contributed by atoms with van der Waals surface area (Å²) >= 11 is 0. The van der Waals surface area contributed by atoms with Crippen molar-refractivity contribution in [3.63, 3.8) is 0 Å². The van der Waals surface area contributed by atoms with Crippen LogP contribution in [0.4, 0.5) is 18.9 Å². The highest BCUT2D eigenvalue weighted by molar-refractivity contribution is 5.83. The van der Waals surface area contributed by atoms with Gasteiger partial charge in [0.05, 0.1) is 7.11 Å². The zero-order valence-electron chi connectivity index (χ0n) is 11.1. The lowest BCUT2D eigenvalue weighted by atomic mass is 10.1. The van der Waals surface area contributed by atoms with E-state index < -0.39 is 24.5 Å². The van der Waals surface area contributed by atoms with Gasteiger partial charge in [0, 0.05) is 19.3 Å². The van der Waals surface area contributed by atoms with Gasteiger partial charge in [-0.1, -0.05) is 5.16 Å². The van der Waals surface area contributed by atoms with Crippen molar-refractivity contribution in [2.75, 3.05) is 25.6 Å². The summed E-state index contributed by atoms with van der Waals surface area (Å²) in [4.78, 5) is 1.37. The minimum absolute atomic E-state index is 0.453. The monoisotopic (exact) mass is 291 g/mol. The number of alkyl halides is 3. The molecule has 0 saturated heterocycles. The molecule has 0 fully saturated rings. The molecule has 0 saturated carbocycles. The van der Waals surface area contributed by atoms with Crippen LogP contribution in [0.5, 0.6) is 5.75 Å². The van der Waals surface area contributed by atoms with Gasteiger partial charge >= 0.3 is 6.18 Å². The maximum Gasteiger partial charge on any atom is 0.400 e. The Labute approximate surface area is 114 Å². The molecule has 0 aliphatic carbocycles. The van der Waals surface area contributed by atoms with Crippen LogP contribution >= 0.6 is 0 Å². The Morgan fingerprint density at radius 1 is 1.40 bits per heavy atom. The Hall–Kier alpha value is -2.12. The number of halogens is 3. The van der Waals surface area contributed by atoms with Crippen molar-refractivity contribution in [1.82, 2.24) is 0 Å². The van der Waals surface area contributed by atoms with Crippen molar-refractivity contribution in [2.45, 2.75) is 6.18 Å². The van der Waals surface area contributed by atoms with Crippen molar-refractivity contribution < 1.29 is 23.1 Å². The molecule has 8 heteroatoms. The molecule has 0 amide bonds. The molecule has 0 radical (unpaired) electrons. The third-order valence-electron chi connectivity index (χ3n) is 2.84. The fourth-order valence-corrected chi connectivity index (χ4v) is 1.65. The molecule has 0 aliphatic heterocycles. The highest BCUT2D eigenvalue weighted by Gasteiger charge is 2.43. The fourth-order valence-electron chi connectivity index (χ4n) is 1.65. The largest absolute Gasteiger partial charge is 0.497 e. The van der Waals surface area contributed by atoms with Crippen LogP contribution in [0.1, 0.15) is 0 Å². The number of rotatable bonds is 5. The van der Waals surface area contributed by atoms with E-state index in [9.17, 15) is 13.2 Å². The maximum absolute atomic E-state index is 12.8. The first kappa shape index (κ1) is 15.9. The summed E-state index contributed by atoms with van der Waals surface area (Å²) in [6, 6.07) is 6.52. The van der Waals surface area contributed by atoms with Gasteiger partial charge in [-0.3, -0.25) is 0 Å². The number of ether oxygens (including phenoxy) is 1. The molecule has 0 bridgehead atoms. The molecule has 0 spiro atoms. The predicted octanol–water partition coefficient (Wildman–Crippen LogP) is 2.06. The summed E-state index contributed by atoms with van der Waals surface area (Å²) in [7, 11) is 2.99. The van der Waals surface area contributed by atoms with Crippen LogP contribution < -0.4 is 15.4 Å². The number of hydrogen-bond donors (Lipinski definition) is 2. The third-order valence-corrected chi connectivity index (χ3v) is 2.84. The van der Waals surface area contributed by atoms with Crippen molar-refractivity contribution in [3.8, 4) is 5.75 Å². The average Bonchev–Trinajstić information content (AvgIpc) is 2.42. The van der Waals surface area contributed by atoms with Crippen LogP contribution in [0.2, 0.25) is 0 Å². The number of methoxy groups -OCH3 is 1. The van der Waals surface area contributed by atoms with E-state index >= 15 is 0 Å². The lowest BCUT2D eigenvalue weighted by molar-refractivity contribution is -0.153. The molecule has 3 N–H and O–H groups in total. The molecular formula is C12H16F3N3O2. The van der Waals surface area contributed by atoms with Crippen molar-refractivity contribution in [1.29, 1.82) is 0 Å². The van der Waals surface area contributed by atoms with Crippen LogP contribution in [-0.4, -0.2) is 37.9 Å². The van der Waals surface area contributed by atoms with E-state index in [1.165, 1.54) is 19.1 Å². The van der Waals surface area contributed by atoms with E-state index in [2.05, 4.69) is 5.16 Å². The lowest BCUT2D eigenvalue weighted by Gasteiger charge is -2.26. The minimum atomic E-state index is -4.59. The van der Waals surface area contributed by atoms with Crippen LogP contribution in [0.25, 0.3) is 0 Å². The highest BCUT2D eigenvalue weighted by atomic mass is 19.4. The van der Waals surface area contributed by atoms with Gasteiger partial charge in [-0.2, -0.15) is 13.2 Å². The normalized spacial score (nSPS) is 13.9. The van der Waals surface area contributed by atoms with Crippen LogP contribution in [0.3, 0.4) is 0 Å². The van der Waals surface area contributed by atoms with Gasteiger partial charge in [0.1, 0.15) is 11.7 Å². The number of nitrogens with zero attached hydrogens (tertiary/aromatic N) is 2. The molecule has 1 unspecified atom stereocenters. The molecule has 1 aromatic rings. The van der Waals surface area contributed by atoms with Gasteiger partial charge in [-0.15, -0.1) is 0 Å². The van der Waals surface area contributed by atoms with E-state index in [1.807, 2.05) is 0 Å². The lowest BCUT2D eigenvalue weighted by Crippen LogP contribution is -2.43. The number of benzene rings is 1. The Kier molecular flexibility index (Phi) is 5.06. The number of anilines is 1. The standard InChI is InChI=1S/C12H16F3N3O2/c1-18(8-3-5-9(20-2)6-4-8)7-10(11(16)17-19)12(13,14)15/h3-6,10,19H,7H2,1-2H3,(H2,16,17). The van der Waals surface area contributed by atoms with Gasteiger partial charge in [-0.25, -0.2) is 0 Å². The van der Waals surface area contributed by atoms with Crippen LogP contribution in [0, 0.1) is 5.92 Å². The fraction of sp³-hybridized carbons (Fsp3) is 0.417. The molecule has 0 aromatic heterocycles. The smallest absolute Gasteiger partial charge is 0.400 e. The molecule has 5 nitrogen and oxygen atoms in total. The van der Waals surface area contributed by atoms with Gasteiger partial charge in [0.2, 0.25) is 0 Å². The first-order chi connectivity index (χ1) is 9.29. The molecule has 0 heterocycles. The second-order valence-corrected chi connectivity index (χ2v) is 4.20. The zero-order chi connectivity index (χ0) is 15.3. The summed E-state index contributed by atoms with van der Waals surface area (Å²) in [6.07, 6.45) is -4.59. The summed E-state index contributed by atoms with van der Waals surface area (Å²) in [5, 5.41) is 10.9. The third kappa shape index (κ3) is 3.94. The molecular weight excluding hydrogens is 275 g/mol. The summed E-state index contributed by atoms with van der Waals surface area (Å²) < 4.78 is 43.5. The van der Waals surface area contributed by atoms with Crippen molar-refractivity contribution in [3.05, 3.63) is 24.3 Å². The highest BCUT2D eigenvalue weighted by Crippen LogP contribution is 2.28. The Morgan fingerprint density at radius 3 is 2.35 bits per heavy atom. The Bertz CT molecular complexity index is 460. The van der Waals surface area contributed by atoms with Crippen LogP contribution in [-0.2, 0) is 0 Å². The van der Waals surface area contributed by atoms with Gasteiger partial charge in [0.25, 0.3) is 0 Å². The van der Waals surface area contributed by atoms with E-state index in [0.29, 0.717) is 11.4 Å². The first-order valence-corrected chi connectivity index (χ1v) is 5.69. The molecule has 1 aromatic carbocycles. The number of nitrogens with two attached hydrogens (primary N) is 1. The Balaban J connectivity index is 2.87. The van der Waals surface area contributed by atoms with Gasteiger partial charge in [-0.05, 0) is 24.3 Å². The predicted molar refractivity (Wildman–Crippen MR) is 69.2 cm³/mol. The summed E-state index contributed by atoms with van der Waals surface area (Å²) in [5.41, 5.74) is 5.67. The van der Waals surface area contributed by atoms with E-state index in [1.54, 1.807) is 24.3 Å². The molecule has 0 aliphatic rings. The topological polar surface area (TPSA) is 71.1 Å². The molecule has 1 atom stereocenters. The first-order valence-electron chi connectivity index (χ1n) is 5.69. The number of hydrogen-bond acceptors (Lipinski definition) is 4. The molecule has 1 rings (SSSR count). The van der Waals surface area contributed by atoms with Gasteiger partial charge < -0.3 is 20.6 Å². The second kappa shape index (κ2) is 6.36. The second-order valence-electron chi connectivity index (χ2n) is 4.20. The number of oxime groups is 1. The molecule has 112 valence electrons. The maximum atomic E-state index is 12.8. The summed E-state index contributed by atoms with van der Waals surface area (Å²) in [6.45, 7) is -0.453. The zero-order valence-corrected chi connectivity index (χ0v) is 11.1. The Morgan fingerprint density at radius 2 is 1.95 bits per heavy atom. The van der Waals surface area contributed by atoms with E-state index in [4.69, 9.17) is 15.7 Å². The van der Waals surface area contributed by atoms with E-state index in [-0.39, 0.29) is 0 Å². The molecule has 20 heavy (non-hydrogen) atoms. The SMILES string of the molecule is COc1ccc(N(C)CC(/C(N)=N/O)C(F)(F)F)cc1. The number of amidine groups is 1. The van der Waals surface area contributed by atoms with Crippen molar-refractivity contribution in [2.24, 2.45) is 16.8 Å². The van der Waals surface area contributed by atoms with Crippen molar-refractivity contribution >= 4 is 11.5 Å². The average molecular weight is 291 g/mol. The van der Waals surface area contributed by atoms with Crippen LogP contribution in [0.15, 0.2) is 29.4 Å².